The molecule has 1 aromatic carbocycles. The molecule has 2 atom stereocenters. The number of Topliss-reactive ketones (excluding diaryl/α,β-unsaturated/α-hetero) is 1. The lowest BCUT2D eigenvalue weighted by molar-refractivity contribution is -0.143. The van der Waals surface area contributed by atoms with Crippen LogP contribution >= 0.6 is 0 Å². The summed E-state index contributed by atoms with van der Waals surface area (Å²) in [5, 5.41) is 0. The van der Waals surface area contributed by atoms with E-state index in [4.69, 9.17) is 4.74 Å². The molecule has 0 aromatic heterocycles. The highest BCUT2D eigenvalue weighted by Crippen LogP contribution is 2.13. The molecule has 0 aliphatic carbocycles. The van der Waals surface area contributed by atoms with Gasteiger partial charge in [0.1, 0.15) is 0 Å². The molecule has 1 fully saturated rings. The second-order valence-corrected chi connectivity index (χ2v) is 5.35. The minimum atomic E-state index is 0.0216. The van der Waals surface area contributed by atoms with Crippen molar-refractivity contribution in [2.75, 3.05) is 13.1 Å². The Morgan fingerprint density at radius 1 is 1.10 bits per heavy atom. The average molecular weight is 275 g/mol. The van der Waals surface area contributed by atoms with Gasteiger partial charge in [0.2, 0.25) is 5.91 Å². The third-order valence-electron chi connectivity index (χ3n) is 3.43. The molecule has 2 rings (SSSR count). The molecule has 2 unspecified atom stereocenters. The molecule has 4 heteroatoms. The second-order valence-electron chi connectivity index (χ2n) is 5.35. The molecule has 0 N–H and O–H groups in total. The number of carbonyl (C=O) groups excluding carboxylic acids is 2. The van der Waals surface area contributed by atoms with Gasteiger partial charge in [-0.1, -0.05) is 30.3 Å². The predicted octanol–water partition coefficient (Wildman–Crippen LogP) is 2.29. The third-order valence-corrected chi connectivity index (χ3v) is 3.43. The van der Waals surface area contributed by atoms with Gasteiger partial charge in [-0.15, -0.1) is 0 Å². The normalized spacial score (nSPS) is 22.6. The van der Waals surface area contributed by atoms with Crippen LogP contribution in [0.2, 0.25) is 0 Å². The molecule has 1 aliphatic rings. The number of morpholine rings is 1. The summed E-state index contributed by atoms with van der Waals surface area (Å²) < 4.78 is 5.60. The molecule has 0 spiro atoms. The van der Waals surface area contributed by atoms with E-state index in [9.17, 15) is 9.59 Å². The molecule has 0 radical (unpaired) electrons. The van der Waals surface area contributed by atoms with Crippen LogP contribution in [-0.4, -0.2) is 41.9 Å². The Balaban J connectivity index is 1.84. The summed E-state index contributed by atoms with van der Waals surface area (Å²) in [6, 6.07) is 9.11. The van der Waals surface area contributed by atoms with Crippen LogP contribution in [0, 0.1) is 0 Å². The molecule has 1 heterocycles. The monoisotopic (exact) mass is 275 g/mol. The van der Waals surface area contributed by atoms with Crippen molar-refractivity contribution >= 4 is 11.7 Å². The van der Waals surface area contributed by atoms with Gasteiger partial charge in [-0.05, 0) is 13.8 Å². The Kier molecular flexibility index (Phi) is 4.90. The highest BCUT2D eigenvalue weighted by atomic mass is 16.5. The molecule has 108 valence electrons. The summed E-state index contributed by atoms with van der Waals surface area (Å²) in [5.74, 6) is 0.0598. The van der Waals surface area contributed by atoms with Crippen LogP contribution in [0.25, 0.3) is 0 Å². The molecule has 0 saturated carbocycles. The molecule has 1 aliphatic heterocycles. The van der Waals surface area contributed by atoms with E-state index in [-0.39, 0.29) is 36.7 Å². The number of hydrogen-bond acceptors (Lipinski definition) is 3. The molecular formula is C16H21NO3. The smallest absolute Gasteiger partial charge is 0.223 e. The van der Waals surface area contributed by atoms with E-state index in [0.29, 0.717) is 18.7 Å². The fraction of sp³-hybridized carbons (Fsp3) is 0.500. The van der Waals surface area contributed by atoms with Crippen LogP contribution in [0.1, 0.15) is 37.0 Å². The Bertz CT molecular complexity index is 462. The lowest BCUT2D eigenvalue weighted by atomic mass is 10.1. The predicted molar refractivity (Wildman–Crippen MR) is 76.6 cm³/mol. The zero-order chi connectivity index (χ0) is 14.5. The Morgan fingerprint density at radius 2 is 1.70 bits per heavy atom. The van der Waals surface area contributed by atoms with Gasteiger partial charge >= 0.3 is 0 Å². The van der Waals surface area contributed by atoms with Gasteiger partial charge in [-0.3, -0.25) is 9.59 Å². The fourth-order valence-corrected chi connectivity index (χ4v) is 2.53. The molecular weight excluding hydrogens is 254 g/mol. The van der Waals surface area contributed by atoms with Crippen molar-refractivity contribution < 1.29 is 14.3 Å². The third kappa shape index (κ3) is 3.90. The van der Waals surface area contributed by atoms with E-state index in [1.807, 2.05) is 32.0 Å². The van der Waals surface area contributed by atoms with Crippen LogP contribution < -0.4 is 0 Å². The van der Waals surface area contributed by atoms with Crippen LogP contribution in [0.4, 0.5) is 0 Å². The second kappa shape index (κ2) is 6.66. The van der Waals surface area contributed by atoms with Gasteiger partial charge in [-0.2, -0.15) is 0 Å². The molecule has 1 aromatic rings. The average Bonchev–Trinajstić information content (AvgIpc) is 2.44. The first-order chi connectivity index (χ1) is 9.56. The number of ketones is 1. The van der Waals surface area contributed by atoms with Gasteiger partial charge < -0.3 is 9.64 Å². The maximum Gasteiger partial charge on any atom is 0.223 e. The Morgan fingerprint density at radius 3 is 2.30 bits per heavy atom. The number of carbonyl (C=O) groups is 2. The Labute approximate surface area is 119 Å². The van der Waals surface area contributed by atoms with Crippen molar-refractivity contribution in [2.45, 2.75) is 38.9 Å². The van der Waals surface area contributed by atoms with Gasteiger partial charge in [0, 0.05) is 31.5 Å². The zero-order valence-electron chi connectivity index (χ0n) is 12.0. The fourth-order valence-electron chi connectivity index (χ4n) is 2.53. The van der Waals surface area contributed by atoms with Crippen molar-refractivity contribution in [2.24, 2.45) is 0 Å². The molecule has 1 amide bonds. The summed E-state index contributed by atoms with van der Waals surface area (Å²) in [4.78, 5) is 25.9. The number of benzene rings is 1. The van der Waals surface area contributed by atoms with Crippen LogP contribution in [-0.2, 0) is 9.53 Å². The first-order valence-electron chi connectivity index (χ1n) is 7.07. The minimum absolute atomic E-state index is 0.0216. The summed E-state index contributed by atoms with van der Waals surface area (Å²) >= 11 is 0. The standard InChI is InChI=1S/C16H21NO3/c1-12-10-17(11-13(2)20-12)16(19)9-8-15(18)14-6-4-3-5-7-14/h3-7,12-13H,8-11H2,1-2H3. The van der Waals surface area contributed by atoms with E-state index in [0.717, 1.165) is 0 Å². The maximum atomic E-state index is 12.1. The largest absolute Gasteiger partial charge is 0.372 e. The summed E-state index contributed by atoms with van der Waals surface area (Å²) in [6.45, 7) is 5.15. The van der Waals surface area contributed by atoms with E-state index < -0.39 is 0 Å². The molecule has 20 heavy (non-hydrogen) atoms. The topological polar surface area (TPSA) is 46.6 Å². The van der Waals surface area contributed by atoms with E-state index in [1.54, 1.807) is 17.0 Å². The SMILES string of the molecule is CC1CN(C(=O)CCC(=O)c2ccccc2)CC(C)O1. The van der Waals surface area contributed by atoms with E-state index >= 15 is 0 Å². The van der Waals surface area contributed by atoms with Crippen molar-refractivity contribution in [3.05, 3.63) is 35.9 Å². The number of rotatable bonds is 4. The van der Waals surface area contributed by atoms with Crippen molar-refractivity contribution in [1.82, 2.24) is 4.90 Å². The molecule has 4 nitrogen and oxygen atoms in total. The lowest BCUT2D eigenvalue weighted by Crippen LogP contribution is -2.48. The molecule has 1 saturated heterocycles. The first kappa shape index (κ1) is 14.7. The summed E-state index contributed by atoms with van der Waals surface area (Å²) in [6.07, 6.45) is 0.663. The van der Waals surface area contributed by atoms with Gasteiger partial charge in [-0.25, -0.2) is 0 Å². The summed E-state index contributed by atoms with van der Waals surface area (Å²) in [5.41, 5.74) is 0.670. The van der Waals surface area contributed by atoms with Crippen molar-refractivity contribution in [3.63, 3.8) is 0 Å². The Hall–Kier alpha value is -1.68. The number of amides is 1. The van der Waals surface area contributed by atoms with Gasteiger partial charge in [0.05, 0.1) is 12.2 Å². The molecule has 0 bridgehead atoms. The first-order valence-corrected chi connectivity index (χ1v) is 7.07. The maximum absolute atomic E-state index is 12.1. The van der Waals surface area contributed by atoms with Crippen LogP contribution in [0.15, 0.2) is 30.3 Å². The van der Waals surface area contributed by atoms with Crippen LogP contribution in [0.5, 0.6) is 0 Å². The quantitative estimate of drug-likeness (QED) is 0.792. The number of ether oxygens (including phenoxy) is 1. The van der Waals surface area contributed by atoms with Crippen LogP contribution in [0.3, 0.4) is 0 Å². The highest BCUT2D eigenvalue weighted by Gasteiger charge is 2.25. The minimum Gasteiger partial charge on any atom is -0.372 e. The van der Waals surface area contributed by atoms with Gasteiger partial charge in [0.25, 0.3) is 0 Å². The summed E-state index contributed by atoms with van der Waals surface area (Å²) in [7, 11) is 0. The number of nitrogens with zero attached hydrogens (tertiary/aromatic N) is 1. The number of hydrogen-bond donors (Lipinski definition) is 0. The van der Waals surface area contributed by atoms with Crippen molar-refractivity contribution in [1.29, 1.82) is 0 Å². The lowest BCUT2D eigenvalue weighted by Gasteiger charge is -2.35. The highest BCUT2D eigenvalue weighted by molar-refractivity contribution is 5.97. The van der Waals surface area contributed by atoms with E-state index in [2.05, 4.69) is 0 Å². The zero-order valence-corrected chi connectivity index (χ0v) is 12.0. The van der Waals surface area contributed by atoms with Crippen molar-refractivity contribution in [3.8, 4) is 0 Å². The van der Waals surface area contributed by atoms with Gasteiger partial charge in [0.15, 0.2) is 5.78 Å². The van der Waals surface area contributed by atoms with E-state index in [1.165, 1.54) is 0 Å².